The van der Waals surface area contributed by atoms with E-state index in [2.05, 4.69) is 0 Å². The Morgan fingerprint density at radius 3 is 2.76 bits per heavy atom. The molecule has 1 atom stereocenters. The molecule has 0 aliphatic carbocycles. The van der Waals surface area contributed by atoms with Crippen molar-refractivity contribution in [3.63, 3.8) is 0 Å². The largest absolute Gasteiger partial charge is 0.443 e. The second-order valence-electron chi connectivity index (χ2n) is 5.09. The molecule has 2 N–H and O–H groups in total. The molecule has 3 rings (SSSR count). The van der Waals surface area contributed by atoms with Crippen molar-refractivity contribution in [3.8, 4) is 0 Å². The molecule has 0 saturated carbocycles. The maximum Gasteiger partial charge on any atom is 0.414 e. The molecule has 2 aliphatic rings. The van der Waals surface area contributed by atoms with Gasteiger partial charge in [0.15, 0.2) is 0 Å². The normalized spacial score (nSPS) is 22.6. The zero-order valence-corrected chi connectivity index (χ0v) is 12.4. The van der Waals surface area contributed by atoms with E-state index >= 15 is 0 Å². The van der Waals surface area contributed by atoms with E-state index in [1.54, 1.807) is 12.1 Å². The van der Waals surface area contributed by atoms with Gasteiger partial charge in [0.05, 0.1) is 17.9 Å². The first-order valence-electron chi connectivity index (χ1n) is 6.99. The van der Waals surface area contributed by atoms with Crippen LogP contribution in [0.3, 0.4) is 0 Å². The Morgan fingerprint density at radius 2 is 2.14 bits per heavy atom. The summed E-state index contributed by atoms with van der Waals surface area (Å²) < 4.78 is 19.4. The highest BCUT2D eigenvalue weighted by Gasteiger charge is 2.32. The summed E-state index contributed by atoms with van der Waals surface area (Å²) in [6, 6.07) is 4.90. The Morgan fingerprint density at radius 1 is 1.38 bits per heavy atom. The van der Waals surface area contributed by atoms with Crippen LogP contribution < -0.4 is 15.5 Å². The fourth-order valence-corrected chi connectivity index (χ4v) is 3.48. The van der Waals surface area contributed by atoms with E-state index in [0.717, 1.165) is 24.6 Å². The summed E-state index contributed by atoms with van der Waals surface area (Å²) in [5.41, 5.74) is 6.62. The van der Waals surface area contributed by atoms with E-state index in [9.17, 15) is 9.18 Å². The van der Waals surface area contributed by atoms with Gasteiger partial charge < -0.3 is 15.4 Å². The van der Waals surface area contributed by atoms with Gasteiger partial charge in [-0.25, -0.2) is 9.18 Å². The first kappa shape index (κ1) is 14.5. The van der Waals surface area contributed by atoms with E-state index in [-0.39, 0.29) is 18.5 Å². The van der Waals surface area contributed by atoms with Crippen molar-refractivity contribution in [3.05, 3.63) is 24.0 Å². The van der Waals surface area contributed by atoms with Crippen molar-refractivity contribution in [1.29, 1.82) is 0 Å². The number of rotatable bonds is 3. The van der Waals surface area contributed by atoms with Crippen molar-refractivity contribution in [2.24, 2.45) is 5.73 Å². The minimum atomic E-state index is -0.466. The van der Waals surface area contributed by atoms with Crippen LogP contribution in [0.2, 0.25) is 0 Å². The van der Waals surface area contributed by atoms with Gasteiger partial charge >= 0.3 is 6.09 Å². The van der Waals surface area contributed by atoms with E-state index in [0.29, 0.717) is 17.9 Å². The molecular formula is C14H18FN3O2S. The zero-order chi connectivity index (χ0) is 14.8. The number of anilines is 2. The van der Waals surface area contributed by atoms with Crippen molar-refractivity contribution < 1.29 is 13.9 Å². The molecule has 7 heteroatoms. The van der Waals surface area contributed by atoms with E-state index in [1.165, 1.54) is 11.0 Å². The third kappa shape index (κ3) is 2.94. The second-order valence-corrected chi connectivity index (χ2v) is 6.31. The van der Waals surface area contributed by atoms with Gasteiger partial charge in [0, 0.05) is 31.1 Å². The number of cyclic esters (lactones) is 1. The van der Waals surface area contributed by atoms with Crippen LogP contribution in [0.15, 0.2) is 18.2 Å². The summed E-state index contributed by atoms with van der Waals surface area (Å²) in [6.07, 6.45) is -0.786. The predicted octanol–water partition coefficient (Wildman–Crippen LogP) is 1.66. The summed E-state index contributed by atoms with van der Waals surface area (Å²) in [5.74, 6) is 1.72. The van der Waals surface area contributed by atoms with Crippen LogP contribution in [0.1, 0.15) is 0 Å². The number of carbonyl (C=O) groups is 1. The van der Waals surface area contributed by atoms with E-state index in [1.807, 2.05) is 16.7 Å². The summed E-state index contributed by atoms with van der Waals surface area (Å²) in [6.45, 7) is 2.34. The quantitative estimate of drug-likeness (QED) is 0.920. The second kappa shape index (κ2) is 6.11. The summed E-state index contributed by atoms with van der Waals surface area (Å²) in [7, 11) is 0. The third-order valence-electron chi connectivity index (χ3n) is 3.73. The molecule has 0 bridgehead atoms. The van der Waals surface area contributed by atoms with Gasteiger partial charge in [-0.15, -0.1) is 0 Å². The molecule has 2 saturated heterocycles. The lowest BCUT2D eigenvalue weighted by Crippen LogP contribution is -2.33. The van der Waals surface area contributed by atoms with Crippen molar-refractivity contribution in [2.75, 3.05) is 47.5 Å². The Balaban J connectivity index is 1.79. The van der Waals surface area contributed by atoms with Gasteiger partial charge in [-0.05, 0) is 18.2 Å². The topological polar surface area (TPSA) is 58.8 Å². The van der Waals surface area contributed by atoms with Gasteiger partial charge in [-0.3, -0.25) is 4.90 Å². The Bertz CT molecular complexity index is 537. The first-order chi connectivity index (χ1) is 10.2. The average molecular weight is 311 g/mol. The number of thioether (sulfide) groups is 1. The van der Waals surface area contributed by atoms with Crippen LogP contribution in [0.4, 0.5) is 20.6 Å². The maximum atomic E-state index is 14.3. The predicted molar refractivity (Wildman–Crippen MR) is 82.6 cm³/mol. The molecule has 114 valence electrons. The van der Waals surface area contributed by atoms with Crippen LogP contribution in [-0.4, -0.2) is 49.9 Å². The number of halogens is 1. The number of benzene rings is 1. The molecule has 2 heterocycles. The number of hydrogen-bond acceptors (Lipinski definition) is 5. The number of amides is 1. The van der Waals surface area contributed by atoms with Crippen LogP contribution in [0, 0.1) is 5.82 Å². The molecule has 1 aromatic carbocycles. The standard InChI is InChI=1S/C14H18FN3O2S/c15-12-7-10(18-9-11(8-16)20-14(18)19)1-2-13(12)17-3-5-21-6-4-17/h1-2,7,11H,3-6,8-9,16H2/t11-/m0/s1. The van der Waals surface area contributed by atoms with Crippen molar-refractivity contribution in [1.82, 2.24) is 0 Å². The highest BCUT2D eigenvalue weighted by Crippen LogP contribution is 2.29. The van der Waals surface area contributed by atoms with Gasteiger partial charge in [0.2, 0.25) is 0 Å². The van der Waals surface area contributed by atoms with Gasteiger partial charge in [-0.1, -0.05) is 0 Å². The van der Waals surface area contributed by atoms with Crippen LogP contribution >= 0.6 is 11.8 Å². The smallest absolute Gasteiger partial charge is 0.414 e. The minimum Gasteiger partial charge on any atom is -0.443 e. The summed E-state index contributed by atoms with van der Waals surface area (Å²) >= 11 is 1.88. The van der Waals surface area contributed by atoms with Crippen LogP contribution in [0.25, 0.3) is 0 Å². The lowest BCUT2D eigenvalue weighted by Gasteiger charge is -2.29. The molecule has 0 radical (unpaired) electrons. The monoisotopic (exact) mass is 311 g/mol. The molecule has 2 aliphatic heterocycles. The molecule has 1 aromatic rings. The van der Waals surface area contributed by atoms with Crippen LogP contribution in [0.5, 0.6) is 0 Å². The number of nitrogens with zero attached hydrogens (tertiary/aromatic N) is 2. The Kier molecular flexibility index (Phi) is 4.21. The zero-order valence-electron chi connectivity index (χ0n) is 11.6. The SMILES string of the molecule is NC[C@H]1CN(c2ccc(N3CCSCC3)c(F)c2)C(=O)O1. The number of carbonyl (C=O) groups excluding carboxylic acids is 1. The summed E-state index contributed by atoms with van der Waals surface area (Å²) in [4.78, 5) is 15.2. The maximum absolute atomic E-state index is 14.3. The molecule has 21 heavy (non-hydrogen) atoms. The van der Waals surface area contributed by atoms with Gasteiger partial charge in [0.25, 0.3) is 0 Å². The van der Waals surface area contributed by atoms with Gasteiger partial charge in [0.1, 0.15) is 11.9 Å². The Hall–Kier alpha value is -1.47. The fraction of sp³-hybridized carbons (Fsp3) is 0.500. The van der Waals surface area contributed by atoms with Crippen LogP contribution in [-0.2, 0) is 4.74 Å². The molecule has 5 nitrogen and oxygen atoms in total. The molecule has 0 spiro atoms. The first-order valence-corrected chi connectivity index (χ1v) is 8.15. The van der Waals surface area contributed by atoms with Crippen molar-refractivity contribution in [2.45, 2.75) is 6.10 Å². The van der Waals surface area contributed by atoms with E-state index in [4.69, 9.17) is 10.5 Å². The molecule has 2 fully saturated rings. The highest BCUT2D eigenvalue weighted by molar-refractivity contribution is 7.99. The van der Waals surface area contributed by atoms with Crippen molar-refractivity contribution >= 4 is 29.2 Å². The lowest BCUT2D eigenvalue weighted by atomic mass is 10.2. The molecule has 0 unspecified atom stereocenters. The Labute approximate surface area is 127 Å². The van der Waals surface area contributed by atoms with Gasteiger partial charge in [-0.2, -0.15) is 11.8 Å². The lowest BCUT2D eigenvalue weighted by molar-refractivity contribution is 0.145. The number of hydrogen-bond donors (Lipinski definition) is 1. The average Bonchev–Trinajstić information content (AvgIpc) is 2.89. The third-order valence-corrected chi connectivity index (χ3v) is 4.67. The molecule has 1 amide bonds. The van der Waals surface area contributed by atoms with E-state index < -0.39 is 6.09 Å². The molecule has 0 aromatic heterocycles. The highest BCUT2D eigenvalue weighted by atomic mass is 32.2. The molecular weight excluding hydrogens is 293 g/mol. The number of ether oxygens (including phenoxy) is 1. The number of nitrogens with two attached hydrogens (primary N) is 1. The summed E-state index contributed by atoms with van der Waals surface area (Å²) in [5, 5.41) is 0. The minimum absolute atomic E-state index is 0.272. The fourth-order valence-electron chi connectivity index (χ4n) is 2.58.